The third-order valence-corrected chi connectivity index (χ3v) is 4.74. The van der Waals surface area contributed by atoms with E-state index in [0.717, 1.165) is 49.5 Å². The lowest BCUT2D eigenvalue weighted by molar-refractivity contribution is -0.134. The first-order chi connectivity index (χ1) is 13.1. The number of benzene rings is 1. The van der Waals surface area contributed by atoms with Gasteiger partial charge in [-0.2, -0.15) is 0 Å². The maximum atomic E-state index is 12.5. The topological polar surface area (TPSA) is 54.9 Å². The summed E-state index contributed by atoms with van der Waals surface area (Å²) < 4.78 is 11.2. The van der Waals surface area contributed by atoms with Crippen LogP contribution in [0.3, 0.4) is 0 Å². The predicted octanol–water partition coefficient (Wildman–Crippen LogP) is 2.59. The van der Waals surface area contributed by atoms with E-state index >= 15 is 0 Å². The molecule has 1 aliphatic heterocycles. The minimum Gasteiger partial charge on any atom is -0.497 e. The number of carbonyl (C=O) groups excluding carboxylic acids is 1. The van der Waals surface area contributed by atoms with Gasteiger partial charge in [-0.25, -0.2) is 0 Å². The molecule has 0 N–H and O–H groups in total. The minimum absolute atomic E-state index is 0.149. The highest BCUT2D eigenvalue weighted by atomic mass is 16.5. The maximum Gasteiger partial charge on any atom is 0.236 e. The fraction of sp³-hybridized carbons (Fsp3) is 0.429. The number of rotatable bonds is 7. The van der Waals surface area contributed by atoms with Crippen LogP contribution in [0, 0.1) is 0 Å². The average Bonchev–Trinajstić information content (AvgIpc) is 2.70. The number of carbonyl (C=O) groups is 1. The van der Waals surface area contributed by atoms with Gasteiger partial charge in [-0.05, 0) is 42.9 Å². The standard InChI is InChI=1S/C21H27N3O3/c1-23(15-17-4-3-11-22-14-17)16-21(25)24-12-9-20(10-13-24)27-19-7-5-18(26-2)6-8-19/h3-8,11,14,20H,9-10,12-13,15-16H2,1-2H3. The Kier molecular flexibility index (Phi) is 6.65. The summed E-state index contributed by atoms with van der Waals surface area (Å²) in [5.41, 5.74) is 1.11. The van der Waals surface area contributed by atoms with Crippen LogP contribution in [-0.2, 0) is 11.3 Å². The SMILES string of the molecule is COc1ccc(OC2CCN(C(=O)CN(C)Cc3cccnc3)CC2)cc1. The third-order valence-electron chi connectivity index (χ3n) is 4.74. The van der Waals surface area contributed by atoms with Gasteiger partial charge in [0.2, 0.25) is 5.91 Å². The van der Waals surface area contributed by atoms with E-state index in [4.69, 9.17) is 9.47 Å². The molecule has 1 aromatic heterocycles. The normalized spacial score (nSPS) is 15.0. The molecule has 27 heavy (non-hydrogen) atoms. The van der Waals surface area contributed by atoms with E-state index in [2.05, 4.69) is 4.98 Å². The van der Waals surface area contributed by atoms with E-state index in [-0.39, 0.29) is 12.0 Å². The molecule has 1 saturated heterocycles. The molecule has 1 amide bonds. The van der Waals surface area contributed by atoms with Gasteiger partial charge >= 0.3 is 0 Å². The Balaban J connectivity index is 1.42. The molecule has 6 heteroatoms. The van der Waals surface area contributed by atoms with Crippen LogP contribution in [0.4, 0.5) is 0 Å². The van der Waals surface area contributed by atoms with Gasteiger partial charge in [0.15, 0.2) is 0 Å². The van der Waals surface area contributed by atoms with Gasteiger partial charge in [0, 0.05) is 44.9 Å². The van der Waals surface area contributed by atoms with Crippen LogP contribution >= 0.6 is 0 Å². The predicted molar refractivity (Wildman–Crippen MR) is 104 cm³/mol. The number of nitrogens with zero attached hydrogens (tertiary/aromatic N) is 3. The number of likely N-dealkylation sites (N-methyl/N-ethyl adjacent to an activating group) is 1. The summed E-state index contributed by atoms with van der Waals surface area (Å²) in [6.45, 7) is 2.61. The summed E-state index contributed by atoms with van der Waals surface area (Å²) in [6, 6.07) is 11.6. The first kappa shape index (κ1) is 19.2. The molecule has 0 radical (unpaired) electrons. The van der Waals surface area contributed by atoms with Crippen LogP contribution in [-0.4, -0.2) is 60.6 Å². The summed E-state index contributed by atoms with van der Waals surface area (Å²) >= 11 is 0. The number of ether oxygens (including phenoxy) is 2. The molecule has 1 aliphatic rings. The number of likely N-dealkylation sites (tertiary alicyclic amines) is 1. The zero-order valence-corrected chi connectivity index (χ0v) is 16.0. The van der Waals surface area contributed by atoms with Crippen molar-refractivity contribution in [3.8, 4) is 11.5 Å². The lowest BCUT2D eigenvalue weighted by Gasteiger charge is -2.33. The van der Waals surface area contributed by atoms with Gasteiger partial charge < -0.3 is 14.4 Å². The molecule has 0 saturated carbocycles. The maximum absolute atomic E-state index is 12.5. The second-order valence-corrected chi connectivity index (χ2v) is 6.91. The molecule has 0 unspecified atom stereocenters. The van der Waals surface area contributed by atoms with E-state index in [1.807, 2.05) is 59.4 Å². The summed E-state index contributed by atoms with van der Waals surface area (Å²) in [6.07, 6.45) is 5.44. The Bertz CT molecular complexity index is 713. The zero-order chi connectivity index (χ0) is 19.1. The van der Waals surface area contributed by atoms with Gasteiger partial charge in [0.25, 0.3) is 0 Å². The van der Waals surface area contributed by atoms with Crippen LogP contribution < -0.4 is 9.47 Å². The molecule has 2 heterocycles. The van der Waals surface area contributed by atoms with Gasteiger partial charge in [-0.1, -0.05) is 6.07 Å². The first-order valence-electron chi connectivity index (χ1n) is 9.30. The second-order valence-electron chi connectivity index (χ2n) is 6.91. The van der Waals surface area contributed by atoms with Crippen molar-refractivity contribution in [3.05, 3.63) is 54.4 Å². The smallest absolute Gasteiger partial charge is 0.236 e. The Morgan fingerprint density at radius 1 is 1.19 bits per heavy atom. The summed E-state index contributed by atoms with van der Waals surface area (Å²) in [7, 11) is 3.61. The molecule has 3 rings (SSSR count). The van der Waals surface area contributed by atoms with Crippen molar-refractivity contribution < 1.29 is 14.3 Å². The molecule has 0 aliphatic carbocycles. The van der Waals surface area contributed by atoms with Crippen molar-refractivity contribution in [3.63, 3.8) is 0 Å². The molecule has 1 aromatic carbocycles. The highest BCUT2D eigenvalue weighted by molar-refractivity contribution is 5.78. The fourth-order valence-electron chi connectivity index (χ4n) is 3.26. The van der Waals surface area contributed by atoms with Gasteiger partial charge in [0.05, 0.1) is 13.7 Å². The van der Waals surface area contributed by atoms with Gasteiger partial charge in [0.1, 0.15) is 17.6 Å². The zero-order valence-electron chi connectivity index (χ0n) is 16.0. The number of hydrogen-bond donors (Lipinski definition) is 0. The van der Waals surface area contributed by atoms with E-state index in [0.29, 0.717) is 6.54 Å². The summed E-state index contributed by atoms with van der Waals surface area (Å²) in [5.74, 6) is 1.83. The monoisotopic (exact) mass is 369 g/mol. The Morgan fingerprint density at radius 3 is 2.52 bits per heavy atom. The first-order valence-corrected chi connectivity index (χ1v) is 9.30. The van der Waals surface area contributed by atoms with Crippen LogP contribution in [0.1, 0.15) is 18.4 Å². The minimum atomic E-state index is 0.149. The third kappa shape index (κ3) is 5.69. The number of pyridine rings is 1. The Morgan fingerprint density at radius 2 is 1.89 bits per heavy atom. The highest BCUT2D eigenvalue weighted by Gasteiger charge is 2.24. The highest BCUT2D eigenvalue weighted by Crippen LogP contribution is 2.22. The van der Waals surface area contributed by atoms with Crippen molar-refractivity contribution in [2.75, 3.05) is 33.8 Å². The van der Waals surface area contributed by atoms with Crippen molar-refractivity contribution in [2.45, 2.75) is 25.5 Å². The lowest BCUT2D eigenvalue weighted by Crippen LogP contribution is -2.45. The van der Waals surface area contributed by atoms with Crippen LogP contribution in [0.2, 0.25) is 0 Å². The largest absolute Gasteiger partial charge is 0.497 e. The van der Waals surface area contributed by atoms with Crippen LogP contribution in [0.25, 0.3) is 0 Å². The number of piperidine rings is 1. The lowest BCUT2D eigenvalue weighted by atomic mass is 10.1. The van der Waals surface area contributed by atoms with E-state index in [9.17, 15) is 4.79 Å². The molecular weight excluding hydrogens is 342 g/mol. The van der Waals surface area contributed by atoms with Crippen molar-refractivity contribution >= 4 is 5.91 Å². The Labute approximate surface area is 160 Å². The number of hydrogen-bond acceptors (Lipinski definition) is 5. The van der Waals surface area contributed by atoms with Crippen LogP contribution in [0.5, 0.6) is 11.5 Å². The van der Waals surface area contributed by atoms with Crippen molar-refractivity contribution in [2.24, 2.45) is 0 Å². The van der Waals surface area contributed by atoms with Gasteiger partial charge in [-0.3, -0.25) is 14.7 Å². The Hall–Kier alpha value is -2.60. The second kappa shape index (κ2) is 9.37. The van der Waals surface area contributed by atoms with Crippen molar-refractivity contribution in [1.29, 1.82) is 0 Å². The molecule has 1 fully saturated rings. The van der Waals surface area contributed by atoms with E-state index in [1.165, 1.54) is 0 Å². The molecule has 0 bridgehead atoms. The number of methoxy groups -OCH3 is 1. The van der Waals surface area contributed by atoms with E-state index < -0.39 is 0 Å². The molecule has 0 spiro atoms. The molecule has 0 atom stereocenters. The average molecular weight is 369 g/mol. The molecule has 2 aromatic rings. The van der Waals surface area contributed by atoms with Crippen molar-refractivity contribution in [1.82, 2.24) is 14.8 Å². The quantitative estimate of drug-likeness (QED) is 0.751. The van der Waals surface area contributed by atoms with Crippen LogP contribution in [0.15, 0.2) is 48.8 Å². The summed E-state index contributed by atoms with van der Waals surface area (Å²) in [5, 5.41) is 0. The van der Waals surface area contributed by atoms with E-state index in [1.54, 1.807) is 13.3 Å². The molecular formula is C21H27N3O3. The molecule has 6 nitrogen and oxygen atoms in total. The molecule has 144 valence electrons. The fourth-order valence-corrected chi connectivity index (χ4v) is 3.26. The summed E-state index contributed by atoms with van der Waals surface area (Å²) in [4.78, 5) is 20.6. The number of amides is 1. The van der Waals surface area contributed by atoms with Gasteiger partial charge in [-0.15, -0.1) is 0 Å². The number of aromatic nitrogens is 1.